The Labute approximate surface area is 108 Å². The number of methoxy groups -OCH3 is 1. The number of hydrogen-bond acceptors (Lipinski definition) is 3. The van der Waals surface area contributed by atoms with Gasteiger partial charge < -0.3 is 10.1 Å². The topological polar surface area (TPSA) is 39.1 Å². The van der Waals surface area contributed by atoms with E-state index in [1.165, 1.54) is 16.8 Å². The fraction of sp³-hybridized carbons (Fsp3) is 0.357. The SMILES string of the molecule is COCc1ccc(CNCc2ccnn2C)cc1. The number of rotatable bonds is 6. The Kier molecular flexibility index (Phi) is 4.50. The quantitative estimate of drug-likeness (QED) is 0.844. The van der Waals surface area contributed by atoms with Crippen LogP contribution in [0.3, 0.4) is 0 Å². The van der Waals surface area contributed by atoms with Gasteiger partial charge in [0.25, 0.3) is 0 Å². The Bertz CT molecular complexity index is 476. The van der Waals surface area contributed by atoms with Crippen LogP contribution < -0.4 is 5.32 Å². The van der Waals surface area contributed by atoms with Gasteiger partial charge in [-0.1, -0.05) is 24.3 Å². The highest BCUT2D eigenvalue weighted by molar-refractivity contribution is 5.22. The maximum atomic E-state index is 5.09. The Hall–Kier alpha value is -1.65. The number of hydrogen-bond donors (Lipinski definition) is 1. The van der Waals surface area contributed by atoms with Gasteiger partial charge in [0, 0.05) is 33.4 Å². The average molecular weight is 245 g/mol. The highest BCUT2D eigenvalue weighted by atomic mass is 16.5. The van der Waals surface area contributed by atoms with E-state index in [1.54, 1.807) is 7.11 Å². The molecule has 0 aliphatic carbocycles. The fourth-order valence-corrected chi connectivity index (χ4v) is 1.83. The summed E-state index contributed by atoms with van der Waals surface area (Å²) < 4.78 is 6.97. The zero-order valence-electron chi connectivity index (χ0n) is 10.9. The van der Waals surface area contributed by atoms with Crippen molar-refractivity contribution in [3.05, 3.63) is 53.3 Å². The van der Waals surface area contributed by atoms with Crippen molar-refractivity contribution in [1.82, 2.24) is 15.1 Å². The molecule has 0 fully saturated rings. The second kappa shape index (κ2) is 6.33. The van der Waals surface area contributed by atoms with Crippen LogP contribution in [0.15, 0.2) is 36.5 Å². The molecule has 2 rings (SSSR count). The largest absolute Gasteiger partial charge is 0.380 e. The van der Waals surface area contributed by atoms with Crippen LogP contribution >= 0.6 is 0 Å². The molecule has 1 aromatic heterocycles. The standard InChI is InChI=1S/C14H19N3O/c1-17-14(7-8-16-17)10-15-9-12-3-5-13(6-4-12)11-18-2/h3-8,15H,9-11H2,1-2H3. The van der Waals surface area contributed by atoms with Crippen molar-refractivity contribution in [3.8, 4) is 0 Å². The van der Waals surface area contributed by atoms with Crippen molar-refractivity contribution in [3.63, 3.8) is 0 Å². The molecule has 0 radical (unpaired) electrons. The van der Waals surface area contributed by atoms with Crippen LogP contribution in [0.5, 0.6) is 0 Å². The fourth-order valence-electron chi connectivity index (χ4n) is 1.83. The number of ether oxygens (including phenoxy) is 1. The van der Waals surface area contributed by atoms with Crippen LogP contribution in [0.25, 0.3) is 0 Å². The third-order valence-corrected chi connectivity index (χ3v) is 2.89. The minimum atomic E-state index is 0.669. The van der Waals surface area contributed by atoms with E-state index in [9.17, 15) is 0 Å². The van der Waals surface area contributed by atoms with Crippen LogP contribution in [0.4, 0.5) is 0 Å². The van der Waals surface area contributed by atoms with E-state index in [0.717, 1.165) is 13.1 Å². The minimum absolute atomic E-state index is 0.669. The lowest BCUT2D eigenvalue weighted by Gasteiger charge is -2.06. The first kappa shape index (κ1) is 12.8. The van der Waals surface area contributed by atoms with Gasteiger partial charge in [0.2, 0.25) is 0 Å². The van der Waals surface area contributed by atoms with Crippen molar-refractivity contribution < 1.29 is 4.74 Å². The summed E-state index contributed by atoms with van der Waals surface area (Å²) in [5, 5.41) is 7.54. The van der Waals surface area contributed by atoms with Crippen molar-refractivity contribution in [1.29, 1.82) is 0 Å². The predicted octanol–water partition coefficient (Wildman–Crippen LogP) is 1.86. The summed E-state index contributed by atoms with van der Waals surface area (Å²) in [7, 11) is 3.67. The van der Waals surface area contributed by atoms with E-state index >= 15 is 0 Å². The van der Waals surface area contributed by atoms with Gasteiger partial charge in [-0.15, -0.1) is 0 Å². The maximum absolute atomic E-state index is 5.09. The van der Waals surface area contributed by atoms with E-state index in [1.807, 2.05) is 24.0 Å². The average Bonchev–Trinajstić information content (AvgIpc) is 2.78. The molecule has 1 heterocycles. The second-order valence-electron chi connectivity index (χ2n) is 4.30. The number of aryl methyl sites for hydroxylation is 1. The number of nitrogens with one attached hydrogen (secondary N) is 1. The molecule has 2 aromatic rings. The summed E-state index contributed by atoms with van der Waals surface area (Å²) in [5.41, 5.74) is 3.66. The van der Waals surface area contributed by atoms with Crippen LogP contribution in [0.2, 0.25) is 0 Å². The van der Waals surface area contributed by atoms with Crippen molar-refractivity contribution in [2.45, 2.75) is 19.7 Å². The molecule has 0 atom stereocenters. The van der Waals surface area contributed by atoms with Gasteiger partial charge in [-0.05, 0) is 17.2 Å². The molecule has 0 spiro atoms. The Morgan fingerprint density at radius 1 is 1.11 bits per heavy atom. The van der Waals surface area contributed by atoms with Crippen LogP contribution in [0, 0.1) is 0 Å². The summed E-state index contributed by atoms with van der Waals surface area (Å²) in [4.78, 5) is 0. The Morgan fingerprint density at radius 3 is 2.44 bits per heavy atom. The molecule has 4 nitrogen and oxygen atoms in total. The van der Waals surface area contributed by atoms with Crippen LogP contribution in [-0.2, 0) is 31.5 Å². The van der Waals surface area contributed by atoms with E-state index in [4.69, 9.17) is 4.74 Å². The molecule has 0 bridgehead atoms. The van der Waals surface area contributed by atoms with Gasteiger partial charge in [-0.25, -0.2) is 0 Å². The first-order valence-corrected chi connectivity index (χ1v) is 6.04. The molecule has 0 saturated heterocycles. The molecule has 0 unspecified atom stereocenters. The molecule has 1 N–H and O–H groups in total. The lowest BCUT2D eigenvalue weighted by atomic mass is 10.1. The third kappa shape index (κ3) is 3.42. The number of aromatic nitrogens is 2. The van der Waals surface area contributed by atoms with Crippen molar-refractivity contribution in [2.75, 3.05) is 7.11 Å². The summed E-state index contributed by atoms with van der Waals surface area (Å²) in [6.45, 7) is 2.36. The molecule has 4 heteroatoms. The normalized spacial score (nSPS) is 10.8. The monoisotopic (exact) mass is 245 g/mol. The lowest BCUT2D eigenvalue weighted by Crippen LogP contribution is -2.15. The number of nitrogens with zero attached hydrogens (tertiary/aromatic N) is 2. The zero-order chi connectivity index (χ0) is 12.8. The first-order chi connectivity index (χ1) is 8.79. The molecule has 0 aliphatic rings. The second-order valence-corrected chi connectivity index (χ2v) is 4.30. The zero-order valence-corrected chi connectivity index (χ0v) is 10.9. The highest BCUT2D eigenvalue weighted by Crippen LogP contribution is 2.05. The van der Waals surface area contributed by atoms with Gasteiger partial charge in [-0.3, -0.25) is 4.68 Å². The molecule has 18 heavy (non-hydrogen) atoms. The van der Waals surface area contributed by atoms with Crippen LogP contribution in [0.1, 0.15) is 16.8 Å². The molecular weight excluding hydrogens is 226 g/mol. The Morgan fingerprint density at radius 2 is 1.83 bits per heavy atom. The lowest BCUT2D eigenvalue weighted by molar-refractivity contribution is 0.185. The minimum Gasteiger partial charge on any atom is -0.380 e. The molecule has 1 aromatic carbocycles. The summed E-state index contributed by atoms with van der Waals surface area (Å²) in [6, 6.07) is 10.5. The smallest absolute Gasteiger partial charge is 0.0713 e. The molecule has 96 valence electrons. The van der Waals surface area contributed by atoms with E-state index in [-0.39, 0.29) is 0 Å². The Balaban J connectivity index is 1.81. The maximum Gasteiger partial charge on any atom is 0.0713 e. The van der Waals surface area contributed by atoms with E-state index < -0.39 is 0 Å². The molecule has 0 aliphatic heterocycles. The first-order valence-electron chi connectivity index (χ1n) is 6.04. The highest BCUT2D eigenvalue weighted by Gasteiger charge is 1.98. The van der Waals surface area contributed by atoms with Crippen molar-refractivity contribution in [2.24, 2.45) is 7.05 Å². The van der Waals surface area contributed by atoms with E-state index in [0.29, 0.717) is 6.61 Å². The third-order valence-electron chi connectivity index (χ3n) is 2.89. The van der Waals surface area contributed by atoms with Crippen molar-refractivity contribution >= 4 is 0 Å². The summed E-state index contributed by atoms with van der Waals surface area (Å²) >= 11 is 0. The summed E-state index contributed by atoms with van der Waals surface area (Å²) in [5.74, 6) is 0. The van der Waals surface area contributed by atoms with Gasteiger partial charge in [-0.2, -0.15) is 5.10 Å². The molecule has 0 amide bonds. The molecule has 0 saturated carbocycles. The van der Waals surface area contributed by atoms with Gasteiger partial charge in [0.15, 0.2) is 0 Å². The van der Waals surface area contributed by atoms with Crippen LogP contribution in [-0.4, -0.2) is 16.9 Å². The summed E-state index contributed by atoms with van der Waals surface area (Å²) in [6.07, 6.45) is 1.82. The van der Waals surface area contributed by atoms with Gasteiger partial charge in [0.05, 0.1) is 12.3 Å². The van der Waals surface area contributed by atoms with E-state index in [2.05, 4.69) is 34.7 Å². The number of benzene rings is 1. The predicted molar refractivity (Wildman–Crippen MR) is 70.9 cm³/mol. The van der Waals surface area contributed by atoms with Gasteiger partial charge in [0.1, 0.15) is 0 Å². The molecular formula is C14H19N3O. The van der Waals surface area contributed by atoms with Gasteiger partial charge >= 0.3 is 0 Å².